The number of nitrogens with two attached hydrogens (primary N) is 1. The van der Waals surface area contributed by atoms with Crippen molar-refractivity contribution in [1.82, 2.24) is 20.0 Å². The number of likely N-dealkylation sites (tertiary alicyclic amines) is 1. The third-order valence-corrected chi connectivity index (χ3v) is 9.98. The van der Waals surface area contributed by atoms with Crippen LogP contribution < -0.4 is 16.6 Å². The van der Waals surface area contributed by atoms with Gasteiger partial charge in [0.1, 0.15) is 17.3 Å². The Hall–Kier alpha value is -5.04. The number of carbonyl (C=O) groups excluding carboxylic acids is 5. The molecule has 3 N–H and O–H groups in total. The van der Waals surface area contributed by atoms with E-state index in [0.29, 0.717) is 5.56 Å². The maximum atomic E-state index is 14.6. The van der Waals surface area contributed by atoms with Crippen LogP contribution in [0.5, 0.6) is 0 Å². The molecule has 4 amide bonds. The van der Waals surface area contributed by atoms with Crippen molar-refractivity contribution < 1.29 is 28.7 Å². The van der Waals surface area contributed by atoms with Gasteiger partial charge >= 0.3 is 0 Å². The van der Waals surface area contributed by atoms with Gasteiger partial charge in [0, 0.05) is 56.8 Å². The Balaban J connectivity index is 1.36. The molecule has 0 bridgehead atoms. The molecule has 1 aliphatic carbocycles. The number of aromatic nitrogens is 2. The summed E-state index contributed by atoms with van der Waals surface area (Å²) in [6, 6.07) is 13.9. The number of nitrogens with one attached hydrogen (secondary N) is 1. The molecule has 2 aliphatic heterocycles. The van der Waals surface area contributed by atoms with Crippen LogP contribution in [0.25, 0.3) is 10.8 Å². The molecule has 2 aromatic carbocycles. The number of Topliss-reactive ketones (excluding diaryl/α,β-unsaturated/α-hetero) is 1. The monoisotopic (exact) mass is 668 g/mol. The fourth-order valence-electron chi connectivity index (χ4n) is 7.31. The van der Waals surface area contributed by atoms with Gasteiger partial charge in [0.25, 0.3) is 23.3 Å². The highest BCUT2D eigenvalue weighted by atomic mass is 16.5. The van der Waals surface area contributed by atoms with Crippen LogP contribution in [-0.2, 0) is 23.9 Å². The van der Waals surface area contributed by atoms with Gasteiger partial charge in [0.2, 0.25) is 11.7 Å². The number of primary amides is 1. The molecule has 3 fully saturated rings. The van der Waals surface area contributed by atoms with Crippen molar-refractivity contribution in [2.45, 2.75) is 75.4 Å². The average molecular weight is 669 g/mol. The number of aliphatic imine (C=N–C) groups is 1. The van der Waals surface area contributed by atoms with Gasteiger partial charge in [0.05, 0.1) is 6.04 Å². The van der Waals surface area contributed by atoms with Crippen molar-refractivity contribution in [3.63, 3.8) is 0 Å². The lowest BCUT2D eigenvalue weighted by molar-refractivity contribution is -0.146. The number of nitrogens with zero attached hydrogens (tertiary/aromatic N) is 4. The predicted molar refractivity (Wildman–Crippen MR) is 180 cm³/mol. The quantitative estimate of drug-likeness (QED) is 0.258. The molecule has 0 unspecified atom stereocenters. The molecule has 1 aromatic heterocycles. The predicted octanol–water partition coefficient (Wildman–Crippen LogP) is 2.51. The third kappa shape index (κ3) is 7.36. The summed E-state index contributed by atoms with van der Waals surface area (Å²) in [6.07, 6.45) is 6.62. The first-order chi connectivity index (χ1) is 23.6. The van der Waals surface area contributed by atoms with E-state index < -0.39 is 52.6 Å². The van der Waals surface area contributed by atoms with Crippen LogP contribution in [0.3, 0.4) is 0 Å². The molecule has 3 heterocycles. The summed E-state index contributed by atoms with van der Waals surface area (Å²) in [7, 11) is 0. The van der Waals surface area contributed by atoms with Crippen LogP contribution in [0, 0.1) is 5.92 Å². The number of hydrogen-bond donors (Lipinski definition) is 2. The molecule has 2 saturated heterocycles. The summed E-state index contributed by atoms with van der Waals surface area (Å²) in [4.78, 5) is 86.0. The molecule has 49 heavy (non-hydrogen) atoms. The number of amides is 4. The molecule has 13 heteroatoms. The molecule has 1 saturated carbocycles. The molecule has 0 spiro atoms. The fourth-order valence-corrected chi connectivity index (χ4v) is 7.31. The lowest BCUT2D eigenvalue weighted by Gasteiger charge is -2.37. The molecule has 2 atom stereocenters. The van der Waals surface area contributed by atoms with Crippen LogP contribution in [0.4, 0.5) is 0 Å². The van der Waals surface area contributed by atoms with Gasteiger partial charge < -0.3 is 20.7 Å². The molecule has 13 nitrogen and oxygen atoms in total. The first kappa shape index (κ1) is 33.8. The number of carbonyl (C=O) groups is 5. The van der Waals surface area contributed by atoms with Crippen LogP contribution >= 0.6 is 0 Å². The van der Waals surface area contributed by atoms with Crippen LogP contribution in [-0.4, -0.2) is 81.1 Å². The summed E-state index contributed by atoms with van der Waals surface area (Å²) in [6.45, 7) is 0.169. The van der Waals surface area contributed by atoms with E-state index in [-0.39, 0.29) is 57.1 Å². The molecule has 6 rings (SSSR count). The highest BCUT2D eigenvalue weighted by Gasteiger charge is 2.48. The lowest BCUT2D eigenvalue weighted by Crippen LogP contribution is -2.63. The molecule has 3 aromatic rings. The van der Waals surface area contributed by atoms with E-state index in [1.807, 2.05) is 30.3 Å². The molecular formula is C36H40N6O7. The maximum Gasteiger partial charge on any atom is 0.287 e. The van der Waals surface area contributed by atoms with Crippen LogP contribution in [0.2, 0.25) is 0 Å². The fraction of sp³-hybridized carbons (Fsp3) is 0.444. The first-order valence-electron chi connectivity index (χ1n) is 16.8. The molecule has 3 aliphatic rings. The molecule has 0 radical (unpaired) electrons. The van der Waals surface area contributed by atoms with Crippen LogP contribution in [0.1, 0.15) is 74.2 Å². The van der Waals surface area contributed by atoms with Crippen molar-refractivity contribution in [3.8, 4) is 0 Å². The van der Waals surface area contributed by atoms with E-state index in [0.717, 1.165) is 42.9 Å². The van der Waals surface area contributed by atoms with Gasteiger partial charge in [-0.2, -0.15) is 5.10 Å². The Bertz CT molecular complexity index is 1860. The summed E-state index contributed by atoms with van der Waals surface area (Å²) in [5.41, 5.74) is 3.74. The number of benzene rings is 2. The maximum absolute atomic E-state index is 14.6. The van der Waals surface area contributed by atoms with Gasteiger partial charge in [-0.15, -0.1) is 0 Å². The minimum absolute atomic E-state index is 0.00116. The highest BCUT2D eigenvalue weighted by molar-refractivity contribution is 6.41. The van der Waals surface area contributed by atoms with Gasteiger partial charge in [0.15, 0.2) is 0 Å². The SMILES string of the molecule is NC(=O)C(=O)C1(NC(=O)[C@@H]2C[C@H](n3ncccc3=O)CN2C(=O)/C(CC2CCCCC2)=N/C(=O)c2ccc3ccccc3c2)CCOCC1. The number of ketones is 1. The van der Waals surface area contributed by atoms with Crippen LogP contribution in [0.15, 0.2) is 70.6 Å². The zero-order chi connectivity index (χ0) is 34.5. The van der Waals surface area contributed by atoms with E-state index in [2.05, 4.69) is 15.4 Å². The molecule has 256 valence electrons. The second-order valence-corrected chi connectivity index (χ2v) is 13.2. The normalized spacial score (nSPS) is 21.3. The van der Waals surface area contributed by atoms with Gasteiger partial charge in [-0.1, -0.05) is 62.4 Å². The second kappa shape index (κ2) is 14.6. The molecular weight excluding hydrogens is 628 g/mol. The standard InChI is InChI=1S/C36H40N6O7/c37-32(45)31(44)36(14-17-49-18-15-36)40-34(47)29-21-27(42-30(43)11-6-16-38-42)22-41(29)35(48)28(19-23-7-2-1-3-8-23)39-33(46)26-13-12-24-9-4-5-10-25(24)20-26/h4-6,9-13,16,20,23,27,29H,1-3,7-8,14-15,17-19,21-22H2,(H2,37,45)(H,40,47)/b39-28+/t27-,29-/m0/s1. The Morgan fingerprint density at radius 1 is 0.959 bits per heavy atom. The number of fused-ring (bicyclic) bond motifs is 1. The van der Waals surface area contributed by atoms with Gasteiger partial charge in [-0.05, 0) is 41.3 Å². The average Bonchev–Trinajstić information content (AvgIpc) is 3.57. The number of rotatable bonds is 9. The van der Waals surface area contributed by atoms with Gasteiger partial charge in [-0.25, -0.2) is 9.67 Å². The number of hydrogen-bond acceptors (Lipinski definition) is 8. The Labute approximate surface area is 282 Å². The first-order valence-corrected chi connectivity index (χ1v) is 16.8. The van der Waals surface area contributed by atoms with E-state index >= 15 is 0 Å². The summed E-state index contributed by atoms with van der Waals surface area (Å²) < 4.78 is 6.62. The Morgan fingerprint density at radius 3 is 2.41 bits per heavy atom. The Kier molecular flexibility index (Phi) is 10.1. The zero-order valence-electron chi connectivity index (χ0n) is 27.2. The van der Waals surface area contributed by atoms with E-state index in [4.69, 9.17) is 10.5 Å². The Morgan fingerprint density at radius 2 is 1.69 bits per heavy atom. The zero-order valence-corrected chi connectivity index (χ0v) is 27.2. The van der Waals surface area contributed by atoms with Crippen molar-refractivity contribution in [1.29, 1.82) is 0 Å². The highest BCUT2D eigenvalue weighted by Crippen LogP contribution is 2.32. The van der Waals surface area contributed by atoms with Crippen molar-refractivity contribution in [2.75, 3.05) is 19.8 Å². The topological polar surface area (TPSA) is 183 Å². The second-order valence-electron chi connectivity index (χ2n) is 13.2. The van der Waals surface area contributed by atoms with E-state index in [9.17, 15) is 28.8 Å². The van der Waals surface area contributed by atoms with Crippen molar-refractivity contribution >= 4 is 45.9 Å². The minimum atomic E-state index is -1.60. The summed E-state index contributed by atoms with van der Waals surface area (Å²) in [5.74, 6) is -3.87. The summed E-state index contributed by atoms with van der Waals surface area (Å²) in [5, 5.41) is 8.77. The lowest BCUT2D eigenvalue weighted by atomic mass is 9.84. The van der Waals surface area contributed by atoms with Gasteiger partial charge in [-0.3, -0.25) is 28.8 Å². The minimum Gasteiger partial charge on any atom is -0.381 e. The van der Waals surface area contributed by atoms with Crippen molar-refractivity contribution in [3.05, 3.63) is 76.7 Å². The largest absolute Gasteiger partial charge is 0.381 e. The summed E-state index contributed by atoms with van der Waals surface area (Å²) >= 11 is 0. The van der Waals surface area contributed by atoms with Crippen molar-refractivity contribution in [2.24, 2.45) is 16.6 Å². The van der Waals surface area contributed by atoms with E-state index in [1.165, 1.54) is 27.9 Å². The third-order valence-electron chi connectivity index (χ3n) is 9.98. The van der Waals surface area contributed by atoms with E-state index in [1.54, 1.807) is 12.1 Å². The smallest absolute Gasteiger partial charge is 0.287 e. The number of ether oxygens (including phenoxy) is 1.